The van der Waals surface area contributed by atoms with Gasteiger partial charge in [0.2, 0.25) is 0 Å². The standard InChI is InChI=1S/C29H25BrNOP/c1-22-28(29(32-31-22)23-17-19-24(30)20-18-23)21-33(25-11-5-2-6-12-25,26-13-7-3-8-14-26)27-15-9-4-10-16-27/h2-20,33H,21H2,1H3. The Kier molecular flexibility index (Phi) is 6.26. The van der Waals surface area contributed by atoms with Gasteiger partial charge in [-0.1, -0.05) is 0 Å². The molecule has 0 aliphatic rings. The summed E-state index contributed by atoms with van der Waals surface area (Å²) in [5.41, 5.74) is 3.18. The van der Waals surface area contributed by atoms with Gasteiger partial charge in [-0.3, -0.25) is 0 Å². The maximum absolute atomic E-state index is 5.93. The molecule has 0 fully saturated rings. The van der Waals surface area contributed by atoms with Gasteiger partial charge >= 0.3 is 204 Å². The quantitative estimate of drug-likeness (QED) is 0.238. The molecule has 5 aromatic rings. The monoisotopic (exact) mass is 513 g/mol. The zero-order valence-corrected chi connectivity index (χ0v) is 21.0. The van der Waals surface area contributed by atoms with Crippen molar-refractivity contribution in [1.29, 1.82) is 0 Å². The van der Waals surface area contributed by atoms with Gasteiger partial charge < -0.3 is 0 Å². The van der Waals surface area contributed by atoms with E-state index in [1.807, 2.05) is 12.1 Å². The van der Waals surface area contributed by atoms with Crippen LogP contribution in [0.1, 0.15) is 11.3 Å². The predicted octanol–water partition coefficient (Wildman–Crippen LogP) is 6.64. The van der Waals surface area contributed by atoms with E-state index in [1.54, 1.807) is 0 Å². The van der Waals surface area contributed by atoms with E-state index in [0.717, 1.165) is 27.7 Å². The number of hydrogen-bond donors (Lipinski definition) is 0. The second kappa shape index (κ2) is 9.47. The number of hydrogen-bond acceptors (Lipinski definition) is 2. The maximum atomic E-state index is 5.93. The normalized spacial score (nSPS) is 11.9. The van der Waals surface area contributed by atoms with E-state index in [0.29, 0.717) is 0 Å². The van der Waals surface area contributed by atoms with E-state index in [1.165, 1.54) is 21.5 Å². The molecule has 0 bridgehead atoms. The van der Waals surface area contributed by atoms with E-state index in [9.17, 15) is 0 Å². The Morgan fingerprint density at radius 1 is 0.667 bits per heavy atom. The average molecular weight is 514 g/mol. The summed E-state index contributed by atoms with van der Waals surface area (Å²) < 4.78 is 6.98. The fraction of sp³-hybridized carbons (Fsp3) is 0.0690. The Bertz CT molecular complexity index is 1240. The molecule has 0 saturated carbocycles. The molecule has 0 aliphatic heterocycles. The average Bonchev–Trinajstić information content (AvgIpc) is 3.24. The molecule has 1 heterocycles. The van der Waals surface area contributed by atoms with Crippen LogP contribution in [0.5, 0.6) is 0 Å². The summed E-state index contributed by atoms with van der Waals surface area (Å²) in [6.07, 6.45) is 0.867. The van der Waals surface area contributed by atoms with Crippen molar-refractivity contribution in [2.24, 2.45) is 0 Å². The zero-order chi connectivity index (χ0) is 22.7. The van der Waals surface area contributed by atoms with Crippen LogP contribution in [0.15, 0.2) is 124 Å². The molecule has 33 heavy (non-hydrogen) atoms. The summed E-state index contributed by atoms with van der Waals surface area (Å²) >= 11 is 3.54. The number of aromatic nitrogens is 1. The second-order valence-electron chi connectivity index (χ2n) is 8.26. The van der Waals surface area contributed by atoms with Gasteiger partial charge in [-0.05, 0) is 0 Å². The van der Waals surface area contributed by atoms with E-state index in [4.69, 9.17) is 4.52 Å². The molecule has 0 atom stereocenters. The molecule has 0 radical (unpaired) electrons. The third-order valence-electron chi connectivity index (χ3n) is 6.33. The van der Waals surface area contributed by atoms with Crippen LogP contribution in [0.3, 0.4) is 0 Å². The minimum absolute atomic E-state index is 0.861. The molecule has 0 saturated heterocycles. The van der Waals surface area contributed by atoms with Crippen LogP contribution in [0.25, 0.3) is 11.3 Å². The van der Waals surface area contributed by atoms with Crippen molar-refractivity contribution in [3.05, 3.63) is 131 Å². The molecular weight excluding hydrogens is 489 g/mol. The van der Waals surface area contributed by atoms with Gasteiger partial charge in [0.1, 0.15) is 0 Å². The Hall–Kier alpha value is -3.00. The zero-order valence-electron chi connectivity index (χ0n) is 18.4. The van der Waals surface area contributed by atoms with Gasteiger partial charge in [0.05, 0.1) is 0 Å². The van der Waals surface area contributed by atoms with Gasteiger partial charge in [-0.2, -0.15) is 0 Å². The van der Waals surface area contributed by atoms with Crippen LogP contribution in [-0.4, -0.2) is 5.16 Å². The predicted molar refractivity (Wildman–Crippen MR) is 145 cm³/mol. The minimum atomic E-state index is -2.44. The topological polar surface area (TPSA) is 26.0 Å². The Balaban J connectivity index is 1.77. The fourth-order valence-electron chi connectivity index (χ4n) is 4.66. The van der Waals surface area contributed by atoms with Crippen molar-refractivity contribution in [1.82, 2.24) is 5.16 Å². The summed E-state index contributed by atoms with van der Waals surface area (Å²) in [4.78, 5) is 0. The van der Waals surface area contributed by atoms with Crippen molar-refractivity contribution in [2.45, 2.75) is 13.1 Å². The molecule has 0 unspecified atom stereocenters. The summed E-state index contributed by atoms with van der Waals surface area (Å²) in [6.45, 7) is 2.06. The number of benzene rings is 4. The SMILES string of the molecule is Cc1noc(-c2ccc(Br)cc2)c1C[PH](c1ccccc1)(c1ccccc1)c1ccccc1. The second-order valence-corrected chi connectivity index (χ2v) is 13.1. The van der Waals surface area contributed by atoms with Crippen molar-refractivity contribution < 1.29 is 4.52 Å². The Morgan fingerprint density at radius 2 is 1.12 bits per heavy atom. The van der Waals surface area contributed by atoms with E-state index >= 15 is 0 Å². The van der Waals surface area contributed by atoms with E-state index in [2.05, 4.69) is 131 Å². The van der Waals surface area contributed by atoms with Crippen molar-refractivity contribution in [3.8, 4) is 11.3 Å². The van der Waals surface area contributed by atoms with Crippen LogP contribution in [0, 0.1) is 6.92 Å². The number of nitrogens with zero attached hydrogens (tertiary/aromatic N) is 1. The third-order valence-corrected chi connectivity index (χ3v) is 11.7. The Morgan fingerprint density at radius 3 is 1.58 bits per heavy atom. The number of halogens is 1. The Labute approximate surface area is 203 Å². The van der Waals surface area contributed by atoms with Crippen LogP contribution in [0.2, 0.25) is 0 Å². The number of aryl methyl sites for hydroxylation is 1. The molecule has 5 rings (SSSR count). The molecule has 0 amide bonds. The molecule has 1 aromatic heterocycles. The van der Waals surface area contributed by atoms with E-state index < -0.39 is 7.26 Å². The molecule has 164 valence electrons. The molecule has 2 nitrogen and oxygen atoms in total. The first-order valence-corrected chi connectivity index (χ1v) is 14.1. The third kappa shape index (κ3) is 4.19. The van der Waals surface area contributed by atoms with Gasteiger partial charge in [-0.25, -0.2) is 0 Å². The van der Waals surface area contributed by atoms with Gasteiger partial charge in [0.15, 0.2) is 0 Å². The first-order valence-electron chi connectivity index (χ1n) is 11.1. The van der Waals surface area contributed by atoms with Crippen molar-refractivity contribution in [2.75, 3.05) is 0 Å². The number of rotatable bonds is 6. The van der Waals surface area contributed by atoms with Crippen molar-refractivity contribution >= 4 is 39.1 Å². The molecule has 4 aromatic carbocycles. The van der Waals surface area contributed by atoms with Crippen LogP contribution in [0.4, 0.5) is 0 Å². The van der Waals surface area contributed by atoms with Crippen LogP contribution >= 0.6 is 23.2 Å². The van der Waals surface area contributed by atoms with Gasteiger partial charge in [-0.15, -0.1) is 0 Å². The van der Waals surface area contributed by atoms with Gasteiger partial charge in [0.25, 0.3) is 0 Å². The fourth-order valence-corrected chi connectivity index (χ4v) is 9.77. The van der Waals surface area contributed by atoms with Crippen LogP contribution in [-0.2, 0) is 6.16 Å². The van der Waals surface area contributed by atoms with Crippen LogP contribution < -0.4 is 15.9 Å². The summed E-state index contributed by atoms with van der Waals surface area (Å²) in [6, 6.07) is 41.2. The molecule has 4 heteroatoms. The molecular formula is C29H25BrNOP. The van der Waals surface area contributed by atoms with Crippen molar-refractivity contribution in [3.63, 3.8) is 0 Å². The summed E-state index contributed by atoms with van der Waals surface area (Å²) in [5, 5.41) is 8.55. The molecule has 0 spiro atoms. The first-order chi connectivity index (χ1) is 16.2. The molecule has 0 aliphatic carbocycles. The van der Waals surface area contributed by atoms with E-state index in [-0.39, 0.29) is 0 Å². The molecule has 0 N–H and O–H groups in total. The first kappa shape index (κ1) is 21.8. The summed E-state index contributed by atoms with van der Waals surface area (Å²) in [5.74, 6) is 0.861. The summed E-state index contributed by atoms with van der Waals surface area (Å²) in [7, 11) is -2.44. The van der Waals surface area contributed by atoms with Gasteiger partial charge in [0, 0.05) is 0 Å².